The molecule has 9 N–H and O–H groups in total. The standard InChI is InChI=1S/C73H135NO13/c1-3-5-7-9-11-13-15-17-19-21-23-25-27-29-30-31-32-33-35-37-39-41-43-45-47-49-51-53-55-57-65(78)74-61(60-84-72-70(83)68(81)71(64(59-76)86-72)87-73-69(82)67(80)66(79)63(58-75)85-73)62(77)56-54-52-50-48-46-44-42-40-38-36-34-28-26-24-22-20-18-16-14-12-10-8-6-4-2/h21,23,38,40,46,48,54,56,61-64,66-73,75-77,79-83H,3-20,22,24-37,39,41-45,47,49-53,55,57-60H2,1-2H3,(H,74,78)/b23-21-,40-38+,48-46+,56-54+. The van der Waals surface area contributed by atoms with Crippen LogP contribution in [-0.4, -0.2) is 140 Å². The molecule has 0 saturated carbocycles. The van der Waals surface area contributed by atoms with Gasteiger partial charge in [0.05, 0.1) is 32.0 Å². The van der Waals surface area contributed by atoms with Gasteiger partial charge in [-0.15, -0.1) is 0 Å². The highest BCUT2D eigenvalue weighted by Crippen LogP contribution is 2.30. The van der Waals surface area contributed by atoms with Gasteiger partial charge in [-0.2, -0.15) is 0 Å². The fraction of sp³-hybridized carbons (Fsp3) is 0.877. The van der Waals surface area contributed by atoms with Crippen LogP contribution < -0.4 is 5.32 Å². The molecule has 0 bridgehead atoms. The van der Waals surface area contributed by atoms with Crippen LogP contribution in [0.4, 0.5) is 0 Å². The Morgan fingerprint density at radius 1 is 0.402 bits per heavy atom. The quantitative estimate of drug-likeness (QED) is 0.0204. The first-order chi connectivity index (χ1) is 42.6. The minimum absolute atomic E-state index is 0.248. The van der Waals surface area contributed by atoms with Crippen molar-refractivity contribution in [1.82, 2.24) is 5.32 Å². The average Bonchev–Trinajstić information content (AvgIpc) is 1.55. The van der Waals surface area contributed by atoms with Crippen molar-refractivity contribution in [1.29, 1.82) is 0 Å². The molecule has 0 radical (unpaired) electrons. The number of nitrogens with one attached hydrogen (secondary N) is 1. The number of amides is 1. The van der Waals surface area contributed by atoms with Gasteiger partial charge in [0.15, 0.2) is 12.6 Å². The van der Waals surface area contributed by atoms with Crippen molar-refractivity contribution in [2.24, 2.45) is 0 Å². The van der Waals surface area contributed by atoms with Gasteiger partial charge in [-0.1, -0.05) is 287 Å². The molecule has 0 aromatic heterocycles. The molecule has 12 atom stereocenters. The van der Waals surface area contributed by atoms with E-state index in [0.717, 1.165) is 44.9 Å². The maximum atomic E-state index is 13.3. The van der Waals surface area contributed by atoms with Crippen LogP contribution in [0.2, 0.25) is 0 Å². The van der Waals surface area contributed by atoms with Gasteiger partial charge in [0.1, 0.15) is 48.8 Å². The summed E-state index contributed by atoms with van der Waals surface area (Å²) in [5, 5.41) is 87.4. The van der Waals surface area contributed by atoms with E-state index in [1.54, 1.807) is 6.08 Å². The maximum absolute atomic E-state index is 13.3. The first-order valence-electron chi connectivity index (χ1n) is 36.4. The fourth-order valence-corrected chi connectivity index (χ4v) is 11.9. The third-order valence-corrected chi connectivity index (χ3v) is 17.7. The van der Waals surface area contributed by atoms with E-state index in [0.29, 0.717) is 12.8 Å². The topological polar surface area (TPSA) is 228 Å². The molecule has 0 aromatic carbocycles. The molecule has 12 unspecified atom stereocenters. The lowest BCUT2D eigenvalue weighted by atomic mass is 9.97. The number of unbranched alkanes of at least 4 members (excludes halogenated alkanes) is 41. The zero-order valence-electron chi connectivity index (χ0n) is 55.5. The van der Waals surface area contributed by atoms with Gasteiger partial charge < -0.3 is 65.1 Å². The monoisotopic (exact) mass is 1230 g/mol. The van der Waals surface area contributed by atoms with Crippen LogP contribution in [0.1, 0.15) is 316 Å². The summed E-state index contributed by atoms with van der Waals surface area (Å²) >= 11 is 0. The molecule has 14 heteroatoms. The molecule has 510 valence electrons. The van der Waals surface area contributed by atoms with E-state index < -0.39 is 86.8 Å². The lowest BCUT2D eigenvalue weighted by Crippen LogP contribution is -2.65. The highest BCUT2D eigenvalue weighted by Gasteiger charge is 2.51. The molecule has 2 fully saturated rings. The second-order valence-electron chi connectivity index (χ2n) is 25.7. The Balaban J connectivity index is 1.68. The van der Waals surface area contributed by atoms with Crippen molar-refractivity contribution in [2.45, 2.75) is 389 Å². The number of carbonyl (C=O) groups excluding carboxylic acids is 1. The van der Waals surface area contributed by atoms with Crippen LogP contribution in [0.15, 0.2) is 48.6 Å². The van der Waals surface area contributed by atoms with Crippen LogP contribution in [0.5, 0.6) is 0 Å². The molecule has 2 heterocycles. The third kappa shape index (κ3) is 41.9. The molecular weight excluding hydrogens is 1100 g/mol. The van der Waals surface area contributed by atoms with Crippen LogP contribution in [-0.2, 0) is 23.7 Å². The largest absolute Gasteiger partial charge is 0.394 e. The molecule has 87 heavy (non-hydrogen) atoms. The Labute approximate surface area is 531 Å². The molecule has 14 nitrogen and oxygen atoms in total. The van der Waals surface area contributed by atoms with Crippen LogP contribution in [0.3, 0.4) is 0 Å². The van der Waals surface area contributed by atoms with Gasteiger partial charge in [0, 0.05) is 6.42 Å². The number of aliphatic hydroxyl groups excluding tert-OH is 8. The summed E-state index contributed by atoms with van der Waals surface area (Å²) in [5.41, 5.74) is 0. The van der Waals surface area contributed by atoms with E-state index in [2.05, 4.69) is 55.6 Å². The number of ether oxygens (including phenoxy) is 4. The second-order valence-corrected chi connectivity index (χ2v) is 25.7. The summed E-state index contributed by atoms with van der Waals surface area (Å²) in [7, 11) is 0. The van der Waals surface area contributed by atoms with Gasteiger partial charge in [-0.05, 0) is 70.6 Å². The average molecular weight is 1230 g/mol. The maximum Gasteiger partial charge on any atom is 0.220 e. The van der Waals surface area contributed by atoms with Crippen LogP contribution in [0.25, 0.3) is 0 Å². The van der Waals surface area contributed by atoms with Gasteiger partial charge in [-0.3, -0.25) is 4.79 Å². The van der Waals surface area contributed by atoms with Gasteiger partial charge in [0.25, 0.3) is 0 Å². The van der Waals surface area contributed by atoms with Crippen LogP contribution >= 0.6 is 0 Å². The molecule has 2 aliphatic rings. The Morgan fingerprint density at radius 2 is 0.736 bits per heavy atom. The number of carbonyl (C=O) groups is 1. The summed E-state index contributed by atoms with van der Waals surface area (Å²) in [6.45, 7) is 2.82. The molecule has 2 saturated heterocycles. The zero-order valence-corrected chi connectivity index (χ0v) is 55.5. The summed E-state index contributed by atoms with van der Waals surface area (Å²) < 4.78 is 22.8. The Bertz CT molecular complexity index is 1640. The fourth-order valence-electron chi connectivity index (χ4n) is 11.9. The van der Waals surface area contributed by atoms with E-state index in [1.165, 1.54) is 238 Å². The van der Waals surface area contributed by atoms with Gasteiger partial charge in [0.2, 0.25) is 5.91 Å². The van der Waals surface area contributed by atoms with Gasteiger partial charge in [-0.25, -0.2) is 0 Å². The Morgan fingerprint density at radius 3 is 1.13 bits per heavy atom. The predicted molar refractivity (Wildman–Crippen MR) is 355 cm³/mol. The third-order valence-electron chi connectivity index (χ3n) is 17.7. The number of hydrogen-bond donors (Lipinski definition) is 9. The number of allylic oxidation sites excluding steroid dienone is 7. The van der Waals surface area contributed by atoms with Crippen LogP contribution in [0, 0.1) is 0 Å². The van der Waals surface area contributed by atoms with E-state index in [1.807, 2.05) is 6.08 Å². The van der Waals surface area contributed by atoms with Crippen molar-refractivity contribution in [2.75, 3.05) is 19.8 Å². The molecular formula is C73H135NO13. The Kier molecular flexibility index (Phi) is 53.9. The molecule has 0 aromatic rings. The zero-order chi connectivity index (χ0) is 63.1. The first-order valence-corrected chi connectivity index (χ1v) is 36.4. The highest BCUT2D eigenvalue weighted by molar-refractivity contribution is 5.76. The lowest BCUT2D eigenvalue weighted by Gasteiger charge is -2.46. The molecule has 0 spiro atoms. The number of rotatable bonds is 60. The summed E-state index contributed by atoms with van der Waals surface area (Å²) in [5.74, 6) is -0.248. The van der Waals surface area contributed by atoms with E-state index >= 15 is 0 Å². The second kappa shape index (κ2) is 57.8. The minimum atomic E-state index is -1.79. The van der Waals surface area contributed by atoms with Crippen molar-refractivity contribution in [3.8, 4) is 0 Å². The van der Waals surface area contributed by atoms with E-state index in [4.69, 9.17) is 18.9 Å². The SMILES string of the molecule is CCCCCCCCCC/C=C\CCCCCCCCCCCCCCCCCCCC(=O)NC(COC1OC(CO)C(OC2OC(CO)C(O)C(O)C2O)C(O)C1O)C(O)/C=C/CC/C=C/CC/C=C/CCCCCCCCCCCCCCCC. The summed E-state index contributed by atoms with van der Waals surface area (Å²) in [4.78, 5) is 13.3. The van der Waals surface area contributed by atoms with E-state index in [-0.39, 0.29) is 18.9 Å². The Hall–Kier alpha value is -2.05. The van der Waals surface area contributed by atoms with E-state index in [9.17, 15) is 45.6 Å². The molecule has 2 aliphatic heterocycles. The smallest absolute Gasteiger partial charge is 0.220 e. The van der Waals surface area contributed by atoms with Crippen molar-refractivity contribution in [3.63, 3.8) is 0 Å². The minimum Gasteiger partial charge on any atom is -0.394 e. The van der Waals surface area contributed by atoms with Crippen molar-refractivity contribution in [3.05, 3.63) is 48.6 Å². The molecule has 2 rings (SSSR count). The normalized spacial score (nSPS) is 23.5. The first kappa shape index (κ1) is 81.0. The van der Waals surface area contributed by atoms with Gasteiger partial charge >= 0.3 is 0 Å². The molecule has 0 aliphatic carbocycles. The number of hydrogen-bond acceptors (Lipinski definition) is 13. The lowest BCUT2D eigenvalue weighted by molar-refractivity contribution is -0.359. The highest BCUT2D eigenvalue weighted by atomic mass is 16.7. The summed E-state index contributed by atoms with van der Waals surface area (Å²) in [6.07, 6.45) is 58.9. The van der Waals surface area contributed by atoms with Crippen molar-refractivity contribution >= 4 is 5.91 Å². The predicted octanol–water partition coefficient (Wildman–Crippen LogP) is 15.1. The number of aliphatic hydroxyl groups is 8. The molecule has 1 amide bonds. The van der Waals surface area contributed by atoms with Crippen molar-refractivity contribution < 1.29 is 64.6 Å². The summed E-state index contributed by atoms with van der Waals surface area (Å²) in [6, 6.07) is -0.939.